The summed E-state index contributed by atoms with van der Waals surface area (Å²) in [6.45, 7) is 8.11. The summed E-state index contributed by atoms with van der Waals surface area (Å²) in [5.41, 5.74) is 0. The van der Waals surface area contributed by atoms with Crippen molar-refractivity contribution in [2.75, 3.05) is 59.0 Å². The van der Waals surface area contributed by atoms with Crippen molar-refractivity contribution >= 4 is 6.29 Å². The highest BCUT2D eigenvalue weighted by Crippen LogP contribution is 2.02. The van der Waals surface area contributed by atoms with Gasteiger partial charge < -0.3 is 51.6 Å². The molecule has 0 amide bonds. The highest BCUT2D eigenvalue weighted by atomic mass is 16.4. The van der Waals surface area contributed by atoms with Gasteiger partial charge in [0.15, 0.2) is 6.29 Å². The first-order valence-electron chi connectivity index (χ1n) is 9.15. The molecule has 0 aromatic carbocycles. The standard InChI is InChI=1S/C10H24N4.C6H12O6/c1-3-11-7-9-13-5-2-6-14-10-8-12-4-1;7-1-3(9)5(11)6(12)4(10)2-8/h11-14H,1-10H2;1,3-6,8-12H,2H2/t;3-,4+,5+,6+/m.0/s1. The predicted octanol–water partition coefficient (Wildman–Crippen LogP) is -4.24. The van der Waals surface area contributed by atoms with E-state index >= 15 is 0 Å². The van der Waals surface area contributed by atoms with Gasteiger partial charge in [-0.05, 0) is 39.0 Å². The second-order valence-electron chi connectivity index (χ2n) is 6.06. The van der Waals surface area contributed by atoms with E-state index in [0.29, 0.717) is 0 Å². The summed E-state index contributed by atoms with van der Waals surface area (Å²) in [5, 5.41) is 57.2. The molecule has 9 N–H and O–H groups in total. The molecule has 1 rings (SSSR count). The Morgan fingerprint density at radius 2 is 1.08 bits per heavy atom. The molecule has 0 radical (unpaired) electrons. The Balaban J connectivity index is 0.000000488. The second kappa shape index (κ2) is 17.7. The van der Waals surface area contributed by atoms with Crippen LogP contribution in [0.2, 0.25) is 0 Å². The van der Waals surface area contributed by atoms with Gasteiger partial charge >= 0.3 is 0 Å². The van der Waals surface area contributed by atoms with E-state index in [1.165, 1.54) is 12.8 Å². The van der Waals surface area contributed by atoms with Crippen LogP contribution in [-0.2, 0) is 4.79 Å². The van der Waals surface area contributed by atoms with E-state index in [1.807, 2.05) is 0 Å². The summed E-state index contributed by atoms with van der Waals surface area (Å²) >= 11 is 0. The Kier molecular flexibility index (Phi) is 17.2. The van der Waals surface area contributed by atoms with E-state index in [0.717, 1.165) is 52.4 Å². The van der Waals surface area contributed by atoms with Crippen LogP contribution in [0.3, 0.4) is 0 Å². The monoisotopic (exact) mass is 380 g/mol. The van der Waals surface area contributed by atoms with Crippen LogP contribution in [0.25, 0.3) is 0 Å². The van der Waals surface area contributed by atoms with Gasteiger partial charge in [0.05, 0.1) is 6.61 Å². The average Bonchev–Trinajstić information content (AvgIpc) is 2.67. The molecule has 1 saturated heterocycles. The fourth-order valence-electron chi connectivity index (χ4n) is 2.15. The van der Waals surface area contributed by atoms with Crippen molar-refractivity contribution in [3.8, 4) is 0 Å². The molecule has 10 nitrogen and oxygen atoms in total. The SMILES string of the molecule is C1CNCCNCCCNCCNC1.O=C[C@H](O)[C@@H](O)[C@H](O)[C@H](O)CO. The Labute approximate surface area is 155 Å². The van der Waals surface area contributed by atoms with Gasteiger partial charge in [-0.15, -0.1) is 0 Å². The minimum atomic E-state index is -1.79. The van der Waals surface area contributed by atoms with E-state index in [1.54, 1.807) is 0 Å². The van der Waals surface area contributed by atoms with E-state index < -0.39 is 31.0 Å². The number of carbonyl (C=O) groups excluding carboxylic acids is 1. The van der Waals surface area contributed by atoms with E-state index in [4.69, 9.17) is 25.5 Å². The molecule has 0 unspecified atom stereocenters. The lowest BCUT2D eigenvalue weighted by Crippen LogP contribution is -2.46. The lowest BCUT2D eigenvalue weighted by Gasteiger charge is -2.22. The molecule has 0 saturated carbocycles. The van der Waals surface area contributed by atoms with Crippen LogP contribution in [0.1, 0.15) is 12.8 Å². The molecule has 1 aliphatic rings. The summed E-state index contributed by atoms with van der Waals surface area (Å²) in [6.07, 6.45) is -4.39. The fourth-order valence-corrected chi connectivity index (χ4v) is 2.15. The first-order valence-corrected chi connectivity index (χ1v) is 9.15. The van der Waals surface area contributed by atoms with Gasteiger partial charge in [0.2, 0.25) is 0 Å². The van der Waals surface area contributed by atoms with Gasteiger partial charge in [-0.3, -0.25) is 0 Å². The lowest BCUT2D eigenvalue weighted by atomic mass is 10.0. The predicted molar refractivity (Wildman–Crippen MR) is 97.9 cm³/mol. The van der Waals surface area contributed by atoms with E-state index in [2.05, 4.69) is 21.3 Å². The number of aliphatic hydroxyl groups is 5. The molecule has 1 heterocycles. The smallest absolute Gasteiger partial charge is 0.151 e. The Bertz CT molecular complexity index is 274. The topological polar surface area (TPSA) is 166 Å². The van der Waals surface area contributed by atoms with Crippen molar-refractivity contribution in [2.24, 2.45) is 0 Å². The molecule has 0 bridgehead atoms. The summed E-state index contributed by atoms with van der Waals surface area (Å²) in [7, 11) is 0. The zero-order valence-corrected chi connectivity index (χ0v) is 15.3. The van der Waals surface area contributed by atoms with Crippen molar-refractivity contribution in [1.29, 1.82) is 0 Å². The quantitative estimate of drug-likeness (QED) is 0.213. The summed E-state index contributed by atoms with van der Waals surface area (Å²) in [4.78, 5) is 9.90. The molecule has 0 aromatic heterocycles. The minimum Gasteiger partial charge on any atom is -0.394 e. The number of carbonyl (C=O) groups is 1. The highest BCUT2D eigenvalue weighted by molar-refractivity contribution is 5.56. The third kappa shape index (κ3) is 13.5. The van der Waals surface area contributed by atoms with Gasteiger partial charge in [0.1, 0.15) is 24.4 Å². The Morgan fingerprint density at radius 3 is 1.38 bits per heavy atom. The molecular weight excluding hydrogens is 344 g/mol. The third-order valence-corrected chi connectivity index (χ3v) is 3.79. The second-order valence-corrected chi connectivity index (χ2v) is 6.06. The maximum Gasteiger partial charge on any atom is 0.151 e. The normalized spacial score (nSPS) is 22.7. The molecule has 1 fully saturated rings. The number of nitrogens with one attached hydrogen (secondary N) is 4. The van der Waals surface area contributed by atoms with Gasteiger partial charge in [0, 0.05) is 26.2 Å². The van der Waals surface area contributed by atoms with Crippen LogP contribution in [0.15, 0.2) is 0 Å². The van der Waals surface area contributed by atoms with Crippen LogP contribution in [-0.4, -0.2) is 115 Å². The number of aldehydes is 1. The molecule has 1 aliphatic heterocycles. The highest BCUT2D eigenvalue weighted by Gasteiger charge is 2.29. The maximum absolute atomic E-state index is 9.90. The first kappa shape index (κ1) is 25.3. The van der Waals surface area contributed by atoms with Crippen LogP contribution < -0.4 is 21.3 Å². The molecule has 4 atom stereocenters. The number of aliphatic hydroxyl groups excluding tert-OH is 5. The van der Waals surface area contributed by atoms with Crippen molar-refractivity contribution < 1.29 is 30.3 Å². The first-order chi connectivity index (χ1) is 12.5. The summed E-state index contributed by atoms with van der Waals surface area (Å²) in [5.74, 6) is 0. The molecule has 156 valence electrons. The van der Waals surface area contributed by atoms with E-state index in [-0.39, 0.29) is 6.29 Å². The number of hydrogen-bond donors (Lipinski definition) is 9. The molecule has 26 heavy (non-hydrogen) atoms. The third-order valence-electron chi connectivity index (χ3n) is 3.79. The largest absolute Gasteiger partial charge is 0.394 e. The zero-order chi connectivity index (χ0) is 19.6. The van der Waals surface area contributed by atoms with Crippen molar-refractivity contribution in [3.63, 3.8) is 0 Å². The van der Waals surface area contributed by atoms with Crippen LogP contribution >= 0.6 is 0 Å². The van der Waals surface area contributed by atoms with Crippen LogP contribution in [0.4, 0.5) is 0 Å². The average molecular weight is 380 g/mol. The van der Waals surface area contributed by atoms with Gasteiger partial charge in [-0.2, -0.15) is 0 Å². The van der Waals surface area contributed by atoms with Crippen LogP contribution in [0, 0.1) is 0 Å². The van der Waals surface area contributed by atoms with Crippen LogP contribution in [0.5, 0.6) is 0 Å². The molecular formula is C16H36N4O6. The van der Waals surface area contributed by atoms with Gasteiger partial charge in [-0.25, -0.2) is 0 Å². The zero-order valence-electron chi connectivity index (χ0n) is 15.3. The molecule has 0 aliphatic carbocycles. The summed E-state index contributed by atoms with van der Waals surface area (Å²) < 4.78 is 0. The van der Waals surface area contributed by atoms with E-state index in [9.17, 15) is 4.79 Å². The molecule has 0 aromatic rings. The number of rotatable bonds is 5. The van der Waals surface area contributed by atoms with Crippen molar-refractivity contribution in [2.45, 2.75) is 37.3 Å². The minimum absolute atomic E-state index is 0.0258. The summed E-state index contributed by atoms with van der Waals surface area (Å²) in [6, 6.07) is 0. The maximum atomic E-state index is 9.90. The Hall–Kier alpha value is -0.690. The van der Waals surface area contributed by atoms with Crippen molar-refractivity contribution in [1.82, 2.24) is 21.3 Å². The number of hydrogen-bond acceptors (Lipinski definition) is 10. The Morgan fingerprint density at radius 1 is 0.692 bits per heavy atom. The van der Waals surface area contributed by atoms with Gasteiger partial charge in [-0.1, -0.05) is 0 Å². The molecule has 10 heteroatoms. The fraction of sp³-hybridized carbons (Fsp3) is 0.938. The van der Waals surface area contributed by atoms with Gasteiger partial charge in [0.25, 0.3) is 0 Å². The molecule has 0 spiro atoms. The van der Waals surface area contributed by atoms with Crippen molar-refractivity contribution in [3.05, 3.63) is 0 Å². The lowest BCUT2D eigenvalue weighted by molar-refractivity contribution is -0.136.